The van der Waals surface area contributed by atoms with Gasteiger partial charge < -0.3 is 5.73 Å². The molecule has 0 radical (unpaired) electrons. The van der Waals surface area contributed by atoms with Crippen LogP contribution < -0.4 is 11.2 Å². The highest BCUT2D eigenvalue weighted by Crippen LogP contribution is 2.22. The third-order valence-corrected chi connectivity index (χ3v) is 2.35. The second kappa shape index (κ2) is 5.34. The highest BCUT2D eigenvalue weighted by atomic mass is 16.2. The van der Waals surface area contributed by atoms with Crippen LogP contribution in [0.2, 0.25) is 0 Å². The molecule has 0 heterocycles. The van der Waals surface area contributed by atoms with Crippen molar-refractivity contribution in [1.29, 1.82) is 0 Å². The number of hydrazone groups is 1. The number of allylic oxidation sites excluding steroid dienone is 4. The molecule has 0 unspecified atom stereocenters. The lowest BCUT2D eigenvalue weighted by Crippen LogP contribution is -2.24. The predicted molar refractivity (Wildman–Crippen MR) is 61.4 cm³/mol. The van der Waals surface area contributed by atoms with Crippen molar-refractivity contribution in [1.82, 2.24) is 5.43 Å². The monoisotopic (exact) mass is 207 g/mol. The van der Waals surface area contributed by atoms with Crippen LogP contribution in [0.1, 0.15) is 26.7 Å². The minimum atomic E-state index is -0.638. The van der Waals surface area contributed by atoms with Gasteiger partial charge in [0, 0.05) is 0 Å². The molecule has 3 N–H and O–H groups in total. The number of urea groups is 1. The molecular formula is C11H17N3O. The molecule has 0 spiro atoms. The number of rotatable bonds is 3. The van der Waals surface area contributed by atoms with E-state index in [1.807, 2.05) is 0 Å². The number of primary amides is 1. The lowest BCUT2D eigenvalue weighted by atomic mass is 9.92. The Hall–Kier alpha value is -1.58. The fourth-order valence-corrected chi connectivity index (χ4v) is 1.42. The van der Waals surface area contributed by atoms with Gasteiger partial charge in [-0.3, -0.25) is 0 Å². The summed E-state index contributed by atoms with van der Waals surface area (Å²) in [7, 11) is 0. The number of hydrogen-bond donors (Lipinski definition) is 2. The van der Waals surface area contributed by atoms with E-state index in [0.29, 0.717) is 5.92 Å². The summed E-state index contributed by atoms with van der Waals surface area (Å²) < 4.78 is 0. The summed E-state index contributed by atoms with van der Waals surface area (Å²) in [5.74, 6) is 0.600. The molecule has 82 valence electrons. The van der Waals surface area contributed by atoms with Gasteiger partial charge in [0.15, 0.2) is 0 Å². The maximum Gasteiger partial charge on any atom is 0.332 e. The molecule has 0 aromatic rings. The van der Waals surface area contributed by atoms with Crippen LogP contribution in [0, 0.1) is 5.92 Å². The van der Waals surface area contributed by atoms with Crippen LogP contribution in [0.4, 0.5) is 4.79 Å². The number of nitrogens with zero attached hydrogens (tertiary/aromatic N) is 1. The van der Waals surface area contributed by atoms with E-state index in [1.54, 1.807) is 6.21 Å². The highest BCUT2D eigenvalue weighted by Gasteiger charge is 2.06. The number of carbonyl (C=O) groups is 1. The molecule has 1 rings (SSSR count). The van der Waals surface area contributed by atoms with Gasteiger partial charge in [0.25, 0.3) is 0 Å². The van der Waals surface area contributed by atoms with Crippen molar-refractivity contribution in [2.24, 2.45) is 16.8 Å². The van der Waals surface area contributed by atoms with Crippen LogP contribution in [0.15, 0.2) is 28.4 Å². The Morgan fingerprint density at radius 3 is 2.73 bits per heavy atom. The van der Waals surface area contributed by atoms with Crippen LogP contribution in [0.25, 0.3) is 0 Å². The summed E-state index contributed by atoms with van der Waals surface area (Å²) >= 11 is 0. The molecule has 0 fully saturated rings. The normalized spacial score (nSPS) is 16.5. The third-order valence-electron chi connectivity index (χ3n) is 2.35. The lowest BCUT2D eigenvalue weighted by molar-refractivity contribution is 0.249. The second-order valence-corrected chi connectivity index (χ2v) is 3.86. The minimum Gasteiger partial charge on any atom is -0.350 e. The molecule has 0 saturated heterocycles. The number of nitrogens with one attached hydrogen (secondary N) is 1. The highest BCUT2D eigenvalue weighted by molar-refractivity contribution is 5.81. The SMILES string of the molecule is CC(C)C1=CCC(/C=N/NC(N)=O)=CC1. The smallest absolute Gasteiger partial charge is 0.332 e. The summed E-state index contributed by atoms with van der Waals surface area (Å²) in [5, 5.41) is 3.72. The number of hydrogen-bond acceptors (Lipinski definition) is 2. The van der Waals surface area contributed by atoms with Crippen molar-refractivity contribution in [3.8, 4) is 0 Å². The summed E-state index contributed by atoms with van der Waals surface area (Å²) in [4.78, 5) is 10.3. The molecule has 2 amide bonds. The molecule has 0 bridgehead atoms. The minimum absolute atomic E-state index is 0.600. The average Bonchev–Trinajstić information content (AvgIpc) is 2.18. The first kappa shape index (κ1) is 11.5. The van der Waals surface area contributed by atoms with Crippen LogP contribution in [-0.4, -0.2) is 12.2 Å². The molecule has 1 aliphatic carbocycles. The molecule has 1 aliphatic rings. The largest absolute Gasteiger partial charge is 0.350 e. The summed E-state index contributed by atoms with van der Waals surface area (Å²) in [5.41, 5.74) is 9.61. The van der Waals surface area contributed by atoms with Crippen LogP contribution in [0.5, 0.6) is 0 Å². The number of carbonyl (C=O) groups excluding carboxylic acids is 1. The van der Waals surface area contributed by atoms with Crippen molar-refractivity contribution in [2.75, 3.05) is 0 Å². The first-order valence-electron chi connectivity index (χ1n) is 5.06. The maximum absolute atomic E-state index is 10.3. The first-order valence-corrected chi connectivity index (χ1v) is 5.06. The zero-order chi connectivity index (χ0) is 11.3. The van der Waals surface area contributed by atoms with Crippen LogP contribution in [-0.2, 0) is 0 Å². The number of nitrogens with two attached hydrogens (primary N) is 1. The van der Waals surface area contributed by atoms with Crippen LogP contribution in [0.3, 0.4) is 0 Å². The summed E-state index contributed by atoms with van der Waals surface area (Å²) in [6.45, 7) is 4.38. The Kier molecular flexibility index (Phi) is 4.09. The Bertz CT molecular complexity index is 327. The van der Waals surface area contributed by atoms with Gasteiger partial charge in [0.1, 0.15) is 0 Å². The third kappa shape index (κ3) is 3.97. The second-order valence-electron chi connectivity index (χ2n) is 3.86. The van der Waals surface area contributed by atoms with Gasteiger partial charge in [-0.2, -0.15) is 5.10 Å². The zero-order valence-corrected chi connectivity index (χ0v) is 9.16. The summed E-state index contributed by atoms with van der Waals surface area (Å²) in [6, 6.07) is -0.638. The number of amides is 2. The van der Waals surface area contributed by atoms with Gasteiger partial charge in [-0.25, -0.2) is 10.2 Å². The molecule has 0 aromatic carbocycles. The van der Waals surface area contributed by atoms with Gasteiger partial charge in [0.05, 0.1) is 6.21 Å². The molecule has 0 aliphatic heterocycles. The Labute approximate surface area is 89.9 Å². The fraction of sp³-hybridized carbons (Fsp3) is 0.455. The fourth-order valence-electron chi connectivity index (χ4n) is 1.42. The van der Waals surface area contributed by atoms with E-state index >= 15 is 0 Å². The van der Waals surface area contributed by atoms with E-state index in [0.717, 1.165) is 18.4 Å². The van der Waals surface area contributed by atoms with E-state index in [1.165, 1.54) is 5.57 Å². The van der Waals surface area contributed by atoms with Gasteiger partial charge in [0.2, 0.25) is 0 Å². The standard InChI is InChI=1S/C11H17N3O/c1-8(2)10-5-3-9(4-6-10)7-13-14-11(12)15/h3,6-8H,4-5H2,1-2H3,(H3,12,14,15)/b13-7+. The van der Waals surface area contributed by atoms with Crippen LogP contribution >= 0.6 is 0 Å². The first-order chi connectivity index (χ1) is 7.09. The van der Waals surface area contributed by atoms with E-state index in [4.69, 9.17) is 5.73 Å². The van der Waals surface area contributed by atoms with Gasteiger partial charge in [-0.05, 0) is 24.3 Å². The molecule has 0 atom stereocenters. The molecule has 4 heteroatoms. The Morgan fingerprint density at radius 1 is 1.53 bits per heavy atom. The quantitative estimate of drug-likeness (QED) is 0.414. The van der Waals surface area contributed by atoms with E-state index in [9.17, 15) is 4.79 Å². The van der Waals surface area contributed by atoms with Gasteiger partial charge >= 0.3 is 6.03 Å². The Balaban J connectivity index is 2.43. The van der Waals surface area contributed by atoms with E-state index in [-0.39, 0.29) is 0 Å². The topological polar surface area (TPSA) is 67.5 Å². The molecular weight excluding hydrogens is 190 g/mol. The zero-order valence-electron chi connectivity index (χ0n) is 9.16. The molecule has 0 saturated carbocycles. The van der Waals surface area contributed by atoms with Crippen molar-refractivity contribution in [3.05, 3.63) is 23.3 Å². The van der Waals surface area contributed by atoms with E-state index < -0.39 is 6.03 Å². The molecule has 4 nitrogen and oxygen atoms in total. The lowest BCUT2D eigenvalue weighted by Gasteiger charge is -2.14. The van der Waals surface area contributed by atoms with Crippen molar-refractivity contribution >= 4 is 12.2 Å². The van der Waals surface area contributed by atoms with Gasteiger partial charge in [-0.15, -0.1) is 0 Å². The van der Waals surface area contributed by atoms with Crippen molar-refractivity contribution in [3.63, 3.8) is 0 Å². The molecule has 0 aromatic heterocycles. The summed E-state index contributed by atoms with van der Waals surface area (Å²) in [6.07, 6.45) is 7.82. The van der Waals surface area contributed by atoms with Crippen molar-refractivity contribution in [2.45, 2.75) is 26.7 Å². The van der Waals surface area contributed by atoms with Gasteiger partial charge in [-0.1, -0.05) is 31.6 Å². The van der Waals surface area contributed by atoms with E-state index in [2.05, 4.69) is 36.5 Å². The van der Waals surface area contributed by atoms with Crippen molar-refractivity contribution < 1.29 is 4.79 Å². The average molecular weight is 207 g/mol. The molecule has 15 heavy (non-hydrogen) atoms. The Morgan fingerprint density at radius 2 is 2.27 bits per heavy atom. The predicted octanol–water partition coefficient (Wildman–Crippen LogP) is 1.94. The maximum atomic E-state index is 10.3.